The van der Waals surface area contributed by atoms with Crippen LogP contribution in [0.1, 0.15) is 24.4 Å². The molecule has 0 bridgehead atoms. The molecule has 0 radical (unpaired) electrons. The van der Waals surface area contributed by atoms with Crippen LogP contribution in [0.25, 0.3) is 0 Å². The van der Waals surface area contributed by atoms with Gasteiger partial charge in [0.25, 0.3) is 0 Å². The van der Waals surface area contributed by atoms with Gasteiger partial charge in [0.05, 0.1) is 11.8 Å². The molecule has 2 rings (SSSR count). The van der Waals surface area contributed by atoms with E-state index in [9.17, 15) is 8.42 Å². The van der Waals surface area contributed by atoms with Crippen molar-refractivity contribution < 1.29 is 8.42 Å². The predicted molar refractivity (Wildman–Crippen MR) is 73.6 cm³/mol. The summed E-state index contributed by atoms with van der Waals surface area (Å²) in [6.07, 6.45) is 3.23. The Bertz CT molecular complexity index is 638. The molecule has 1 unspecified atom stereocenters. The summed E-state index contributed by atoms with van der Waals surface area (Å²) in [5.74, 6) is 0.472. The van der Waals surface area contributed by atoms with Crippen molar-refractivity contribution in [3.05, 3.63) is 48.0 Å². The van der Waals surface area contributed by atoms with Gasteiger partial charge in [0.15, 0.2) is 0 Å². The summed E-state index contributed by atoms with van der Waals surface area (Å²) in [7, 11) is -3.44. The van der Waals surface area contributed by atoms with Crippen molar-refractivity contribution in [1.82, 2.24) is 14.7 Å². The van der Waals surface area contributed by atoms with Crippen molar-refractivity contribution in [3.63, 3.8) is 0 Å². The number of nitrogens with one attached hydrogen (secondary N) is 2. The van der Waals surface area contributed by atoms with Gasteiger partial charge in [-0.1, -0.05) is 12.1 Å². The Hall–Kier alpha value is -1.86. The van der Waals surface area contributed by atoms with Crippen LogP contribution in [0.3, 0.4) is 0 Å². The molecule has 4 N–H and O–H groups in total. The van der Waals surface area contributed by atoms with Crippen LogP contribution in [0.4, 0.5) is 5.69 Å². The molecule has 0 amide bonds. The monoisotopic (exact) mass is 280 g/mol. The summed E-state index contributed by atoms with van der Waals surface area (Å²) in [6, 6.07) is 6.43. The van der Waals surface area contributed by atoms with Crippen LogP contribution < -0.4 is 10.5 Å². The lowest BCUT2D eigenvalue weighted by Crippen LogP contribution is -2.28. The van der Waals surface area contributed by atoms with Crippen LogP contribution in [0.2, 0.25) is 0 Å². The zero-order chi connectivity index (χ0) is 13.9. The van der Waals surface area contributed by atoms with Gasteiger partial charge in [-0.15, -0.1) is 0 Å². The van der Waals surface area contributed by atoms with E-state index >= 15 is 0 Å². The second-order valence-corrected chi connectivity index (χ2v) is 6.07. The first-order chi connectivity index (χ1) is 8.96. The number of nitrogen functional groups attached to an aromatic ring is 1. The molecule has 2 aromatic rings. The fourth-order valence-electron chi connectivity index (χ4n) is 1.78. The number of aromatic nitrogens is 2. The normalized spacial score (nSPS) is 13.3. The predicted octanol–water partition coefficient (Wildman–Crippen LogP) is 1.17. The van der Waals surface area contributed by atoms with E-state index in [1.807, 2.05) is 0 Å². The third kappa shape index (κ3) is 3.80. The van der Waals surface area contributed by atoms with Gasteiger partial charge in [0, 0.05) is 18.1 Å². The Morgan fingerprint density at radius 3 is 2.89 bits per heavy atom. The zero-order valence-corrected chi connectivity index (χ0v) is 11.3. The lowest BCUT2D eigenvalue weighted by molar-refractivity contribution is 0.560. The average molecular weight is 280 g/mol. The van der Waals surface area contributed by atoms with E-state index < -0.39 is 16.1 Å². The van der Waals surface area contributed by atoms with E-state index in [-0.39, 0.29) is 5.75 Å². The number of hydrogen-bond acceptors (Lipinski definition) is 4. The largest absolute Gasteiger partial charge is 0.399 e. The minimum atomic E-state index is -3.44. The molecule has 0 spiro atoms. The Kier molecular flexibility index (Phi) is 3.87. The molecule has 102 valence electrons. The van der Waals surface area contributed by atoms with Crippen LogP contribution in [0.5, 0.6) is 0 Å². The van der Waals surface area contributed by atoms with Crippen molar-refractivity contribution in [2.45, 2.75) is 18.7 Å². The topological polar surface area (TPSA) is 101 Å². The molecule has 1 atom stereocenters. The fraction of sp³-hybridized carbons (Fsp3) is 0.250. The zero-order valence-electron chi connectivity index (χ0n) is 10.5. The van der Waals surface area contributed by atoms with Gasteiger partial charge in [-0.05, 0) is 24.6 Å². The van der Waals surface area contributed by atoms with Gasteiger partial charge >= 0.3 is 0 Å². The summed E-state index contributed by atoms with van der Waals surface area (Å²) in [5, 5.41) is 0. The molecule has 1 aromatic heterocycles. The Morgan fingerprint density at radius 1 is 1.47 bits per heavy atom. The van der Waals surface area contributed by atoms with Crippen LogP contribution in [0.15, 0.2) is 36.7 Å². The highest BCUT2D eigenvalue weighted by atomic mass is 32.2. The average Bonchev–Trinajstić information content (AvgIpc) is 2.80. The maximum Gasteiger partial charge on any atom is 0.216 e. The number of H-pyrrole nitrogens is 1. The molecule has 1 heterocycles. The minimum Gasteiger partial charge on any atom is -0.399 e. The maximum atomic E-state index is 12.0. The molecule has 0 saturated carbocycles. The first-order valence-corrected chi connectivity index (χ1v) is 7.45. The van der Waals surface area contributed by atoms with Crippen LogP contribution >= 0.6 is 0 Å². The number of aromatic amines is 1. The second-order valence-electron chi connectivity index (χ2n) is 4.32. The Morgan fingerprint density at radius 2 is 2.26 bits per heavy atom. The van der Waals surface area contributed by atoms with Gasteiger partial charge in [-0.25, -0.2) is 18.1 Å². The van der Waals surface area contributed by atoms with Crippen molar-refractivity contribution in [3.8, 4) is 0 Å². The van der Waals surface area contributed by atoms with E-state index in [1.54, 1.807) is 43.6 Å². The van der Waals surface area contributed by atoms with Crippen molar-refractivity contribution in [1.29, 1.82) is 0 Å². The van der Waals surface area contributed by atoms with E-state index in [0.717, 1.165) is 0 Å². The second kappa shape index (κ2) is 5.41. The number of nitrogens with two attached hydrogens (primary N) is 1. The Labute approximate surface area is 112 Å². The first kappa shape index (κ1) is 13.6. The third-order valence-electron chi connectivity index (χ3n) is 2.59. The molecule has 19 heavy (non-hydrogen) atoms. The van der Waals surface area contributed by atoms with Crippen LogP contribution in [-0.2, 0) is 15.8 Å². The maximum absolute atomic E-state index is 12.0. The number of hydrogen-bond donors (Lipinski definition) is 3. The molecule has 6 nitrogen and oxygen atoms in total. The summed E-state index contributed by atoms with van der Waals surface area (Å²) in [4.78, 5) is 6.89. The number of nitrogens with zero attached hydrogens (tertiary/aromatic N) is 1. The van der Waals surface area contributed by atoms with E-state index in [0.29, 0.717) is 17.1 Å². The van der Waals surface area contributed by atoms with E-state index in [1.165, 1.54) is 0 Å². The molecule has 0 aliphatic rings. The van der Waals surface area contributed by atoms with Crippen LogP contribution in [0, 0.1) is 0 Å². The highest BCUT2D eigenvalue weighted by Crippen LogP contribution is 2.13. The summed E-state index contributed by atoms with van der Waals surface area (Å²) >= 11 is 0. The first-order valence-electron chi connectivity index (χ1n) is 5.80. The SMILES string of the molecule is CC(NS(=O)(=O)Cc1cccc(N)c1)c1ncc[nH]1. The third-order valence-corrected chi connectivity index (χ3v) is 4.02. The molecule has 7 heteroatoms. The highest BCUT2D eigenvalue weighted by Gasteiger charge is 2.17. The van der Waals surface area contributed by atoms with Crippen molar-refractivity contribution >= 4 is 15.7 Å². The number of benzene rings is 1. The van der Waals surface area contributed by atoms with Crippen molar-refractivity contribution in [2.24, 2.45) is 0 Å². The molecular formula is C12H16N4O2S. The highest BCUT2D eigenvalue weighted by molar-refractivity contribution is 7.88. The number of imidazole rings is 1. The lowest BCUT2D eigenvalue weighted by atomic mass is 10.2. The standard InChI is InChI=1S/C12H16N4O2S/c1-9(12-14-5-6-15-12)16-19(17,18)8-10-3-2-4-11(13)7-10/h2-7,9,16H,8,13H2,1H3,(H,14,15). The Balaban J connectivity index is 2.07. The summed E-state index contributed by atoms with van der Waals surface area (Å²) in [6.45, 7) is 1.73. The summed E-state index contributed by atoms with van der Waals surface area (Å²) < 4.78 is 26.6. The van der Waals surface area contributed by atoms with Gasteiger partial charge in [-0.2, -0.15) is 0 Å². The van der Waals surface area contributed by atoms with Gasteiger partial charge in [-0.3, -0.25) is 0 Å². The molecule has 0 aliphatic heterocycles. The molecule has 0 saturated heterocycles. The van der Waals surface area contributed by atoms with Crippen molar-refractivity contribution in [2.75, 3.05) is 5.73 Å². The number of anilines is 1. The summed E-state index contributed by atoms with van der Waals surface area (Å²) in [5.41, 5.74) is 6.83. The van der Waals surface area contributed by atoms with Crippen LogP contribution in [-0.4, -0.2) is 18.4 Å². The number of rotatable bonds is 5. The van der Waals surface area contributed by atoms with Gasteiger partial charge in [0.2, 0.25) is 10.0 Å². The molecule has 0 fully saturated rings. The number of sulfonamides is 1. The van der Waals surface area contributed by atoms with Gasteiger partial charge < -0.3 is 10.7 Å². The quantitative estimate of drug-likeness (QED) is 0.716. The lowest BCUT2D eigenvalue weighted by Gasteiger charge is -2.12. The molecule has 0 aliphatic carbocycles. The molecular weight excluding hydrogens is 264 g/mol. The fourth-order valence-corrected chi connectivity index (χ4v) is 3.14. The smallest absolute Gasteiger partial charge is 0.216 e. The van der Waals surface area contributed by atoms with Gasteiger partial charge in [0.1, 0.15) is 5.82 Å². The molecule has 1 aromatic carbocycles. The minimum absolute atomic E-state index is 0.108. The van der Waals surface area contributed by atoms with E-state index in [2.05, 4.69) is 14.7 Å². The van der Waals surface area contributed by atoms with E-state index in [4.69, 9.17) is 5.73 Å².